The van der Waals surface area contributed by atoms with Crippen molar-refractivity contribution < 1.29 is 0 Å². The largest absolute Gasteiger partial charge is 0.373 e. The van der Waals surface area contributed by atoms with Crippen LogP contribution in [0.3, 0.4) is 0 Å². The van der Waals surface area contributed by atoms with Crippen molar-refractivity contribution in [2.24, 2.45) is 0 Å². The zero-order valence-electron chi connectivity index (χ0n) is 11.7. The highest BCUT2D eigenvalue weighted by Crippen LogP contribution is 2.43. The average Bonchev–Trinajstić information content (AvgIpc) is 2.36. The van der Waals surface area contributed by atoms with Gasteiger partial charge in [0, 0.05) is 34.6 Å². The number of nitrogens with one attached hydrogen (secondary N) is 1. The summed E-state index contributed by atoms with van der Waals surface area (Å²) in [5, 5.41) is 4.98. The second kappa shape index (κ2) is 5.70. The van der Waals surface area contributed by atoms with Crippen molar-refractivity contribution in [1.29, 1.82) is 0 Å². The Balaban J connectivity index is 2.26. The maximum absolute atomic E-state index is 4.68. The summed E-state index contributed by atoms with van der Waals surface area (Å²) in [4.78, 5) is 9.36. The van der Waals surface area contributed by atoms with Gasteiger partial charge in [-0.05, 0) is 13.8 Å². The summed E-state index contributed by atoms with van der Waals surface area (Å²) in [5.41, 5.74) is 2.23. The monoisotopic (exact) mass is 283 g/mol. The summed E-state index contributed by atoms with van der Waals surface area (Å²) in [5.74, 6) is 3.06. The Hall–Kier alpha value is -0.420. The second-order valence-electron chi connectivity index (χ2n) is 4.76. The minimum Gasteiger partial charge on any atom is -0.373 e. The van der Waals surface area contributed by atoms with Gasteiger partial charge in [0.1, 0.15) is 11.6 Å². The molecule has 0 bridgehead atoms. The summed E-state index contributed by atoms with van der Waals surface area (Å²) in [6.07, 6.45) is 0. The first-order valence-corrected chi connectivity index (χ1v) is 8.32. The topological polar surface area (TPSA) is 37.8 Å². The molecule has 0 aromatic carbocycles. The van der Waals surface area contributed by atoms with E-state index in [4.69, 9.17) is 0 Å². The molecule has 1 fully saturated rings. The van der Waals surface area contributed by atoms with Gasteiger partial charge in [-0.2, -0.15) is 11.8 Å². The Bertz CT molecular complexity index is 436. The van der Waals surface area contributed by atoms with E-state index >= 15 is 0 Å². The van der Waals surface area contributed by atoms with Gasteiger partial charge in [-0.3, -0.25) is 0 Å². The number of nitrogens with zero attached hydrogens (tertiary/aromatic N) is 2. The van der Waals surface area contributed by atoms with Crippen LogP contribution in [0.5, 0.6) is 0 Å². The van der Waals surface area contributed by atoms with Gasteiger partial charge in [0.15, 0.2) is 0 Å². The van der Waals surface area contributed by atoms with Crippen molar-refractivity contribution in [3.63, 3.8) is 0 Å². The van der Waals surface area contributed by atoms with Gasteiger partial charge in [0.2, 0.25) is 0 Å². The highest BCUT2D eigenvalue weighted by molar-refractivity contribution is 8.07. The smallest absolute Gasteiger partial charge is 0.144 e. The van der Waals surface area contributed by atoms with Crippen LogP contribution in [-0.2, 0) is 0 Å². The lowest BCUT2D eigenvalue weighted by Crippen LogP contribution is -2.23. The van der Waals surface area contributed by atoms with Crippen molar-refractivity contribution in [3.05, 3.63) is 17.1 Å². The van der Waals surface area contributed by atoms with Crippen molar-refractivity contribution in [3.8, 4) is 0 Å². The predicted molar refractivity (Wildman–Crippen MR) is 82.8 cm³/mol. The summed E-state index contributed by atoms with van der Waals surface area (Å²) in [6.45, 7) is 8.74. The molecular weight excluding hydrogens is 262 g/mol. The lowest BCUT2D eigenvalue weighted by atomic mass is 10.2. The van der Waals surface area contributed by atoms with Gasteiger partial charge in [0.25, 0.3) is 0 Å². The molecule has 1 aliphatic rings. The summed E-state index contributed by atoms with van der Waals surface area (Å²) >= 11 is 4.04. The van der Waals surface area contributed by atoms with Crippen LogP contribution in [0.25, 0.3) is 0 Å². The number of rotatable bonds is 2. The predicted octanol–water partition coefficient (Wildman–Crippen LogP) is 3.43. The average molecular weight is 283 g/mol. The molecule has 1 saturated heterocycles. The first-order valence-electron chi connectivity index (χ1n) is 6.33. The lowest BCUT2D eigenvalue weighted by Gasteiger charge is -2.30. The molecule has 3 atom stereocenters. The molecule has 18 heavy (non-hydrogen) atoms. The Morgan fingerprint density at radius 1 is 1.17 bits per heavy atom. The van der Waals surface area contributed by atoms with E-state index in [1.165, 1.54) is 0 Å². The van der Waals surface area contributed by atoms with E-state index in [0.29, 0.717) is 10.5 Å². The zero-order valence-corrected chi connectivity index (χ0v) is 13.3. The highest BCUT2D eigenvalue weighted by Gasteiger charge is 2.29. The van der Waals surface area contributed by atoms with Crippen LogP contribution in [0, 0.1) is 13.8 Å². The molecule has 0 amide bonds. The maximum Gasteiger partial charge on any atom is 0.144 e. The third-order valence-corrected chi connectivity index (χ3v) is 6.87. The summed E-state index contributed by atoms with van der Waals surface area (Å²) in [6, 6.07) is 0. The van der Waals surface area contributed by atoms with E-state index in [-0.39, 0.29) is 0 Å². The molecule has 1 aliphatic heterocycles. The Labute approximate surface area is 118 Å². The SMILES string of the molecule is CNc1nc(C2CSC(C)C(C)S2)nc(C)c1C. The van der Waals surface area contributed by atoms with Gasteiger partial charge < -0.3 is 5.32 Å². The molecule has 3 nitrogen and oxygen atoms in total. The fraction of sp³-hybridized carbons (Fsp3) is 0.692. The minimum absolute atomic E-state index is 0.424. The number of thioether (sulfide) groups is 2. The van der Waals surface area contributed by atoms with E-state index in [9.17, 15) is 0 Å². The number of anilines is 1. The molecule has 5 heteroatoms. The fourth-order valence-electron chi connectivity index (χ4n) is 1.96. The number of hydrogen-bond donors (Lipinski definition) is 1. The van der Waals surface area contributed by atoms with E-state index in [1.807, 2.05) is 30.6 Å². The standard InChI is InChI=1S/C13H21N3S2/c1-7-8(2)15-13(16-12(7)14-5)11-6-17-9(3)10(4)18-11/h9-11H,6H2,1-5H3,(H,14,15,16). The van der Waals surface area contributed by atoms with Crippen molar-refractivity contribution in [1.82, 2.24) is 9.97 Å². The molecule has 0 saturated carbocycles. The van der Waals surface area contributed by atoms with E-state index in [0.717, 1.165) is 33.9 Å². The summed E-state index contributed by atoms with van der Waals surface area (Å²) < 4.78 is 0. The van der Waals surface area contributed by atoms with Gasteiger partial charge in [-0.15, -0.1) is 11.8 Å². The molecule has 3 unspecified atom stereocenters. The van der Waals surface area contributed by atoms with Gasteiger partial charge >= 0.3 is 0 Å². The number of aryl methyl sites for hydroxylation is 1. The Morgan fingerprint density at radius 3 is 2.50 bits per heavy atom. The molecule has 2 rings (SSSR count). The van der Waals surface area contributed by atoms with Crippen LogP contribution >= 0.6 is 23.5 Å². The van der Waals surface area contributed by atoms with E-state index < -0.39 is 0 Å². The zero-order chi connectivity index (χ0) is 13.3. The highest BCUT2D eigenvalue weighted by atomic mass is 32.2. The van der Waals surface area contributed by atoms with Crippen LogP contribution in [0.15, 0.2) is 0 Å². The minimum atomic E-state index is 0.424. The molecular formula is C13H21N3S2. The van der Waals surface area contributed by atoms with Crippen LogP contribution in [0.4, 0.5) is 5.82 Å². The molecule has 2 heterocycles. The Morgan fingerprint density at radius 2 is 1.89 bits per heavy atom. The van der Waals surface area contributed by atoms with Crippen molar-refractivity contribution in [2.75, 3.05) is 18.1 Å². The molecule has 100 valence electrons. The molecule has 1 aromatic rings. The van der Waals surface area contributed by atoms with Gasteiger partial charge in [-0.1, -0.05) is 13.8 Å². The number of hydrogen-bond acceptors (Lipinski definition) is 5. The van der Waals surface area contributed by atoms with Crippen molar-refractivity contribution in [2.45, 2.75) is 43.4 Å². The van der Waals surface area contributed by atoms with Gasteiger partial charge in [0.05, 0.1) is 5.25 Å². The quantitative estimate of drug-likeness (QED) is 0.900. The molecule has 0 aliphatic carbocycles. The molecule has 0 spiro atoms. The normalized spacial score (nSPS) is 28.2. The lowest BCUT2D eigenvalue weighted by molar-refractivity contribution is 0.849. The first kappa shape index (κ1) is 14.0. The maximum atomic E-state index is 4.68. The van der Waals surface area contributed by atoms with E-state index in [2.05, 4.69) is 43.0 Å². The molecule has 1 aromatic heterocycles. The van der Waals surface area contributed by atoms with Gasteiger partial charge in [-0.25, -0.2) is 9.97 Å². The van der Waals surface area contributed by atoms with E-state index in [1.54, 1.807) is 0 Å². The Kier molecular flexibility index (Phi) is 4.43. The van der Waals surface area contributed by atoms with Crippen LogP contribution < -0.4 is 5.32 Å². The van der Waals surface area contributed by atoms with Crippen LogP contribution in [-0.4, -0.2) is 33.3 Å². The first-order chi connectivity index (χ1) is 8.52. The number of aromatic nitrogens is 2. The third kappa shape index (κ3) is 2.77. The van der Waals surface area contributed by atoms with Crippen molar-refractivity contribution >= 4 is 29.3 Å². The van der Waals surface area contributed by atoms with Crippen LogP contribution in [0.2, 0.25) is 0 Å². The molecule has 0 radical (unpaired) electrons. The van der Waals surface area contributed by atoms with Crippen LogP contribution in [0.1, 0.15) is 36.2 Å². The third-order valence-electron chi connectivity index (χ3n) is 3.48. The fourth-order valence-corrected chi connectivity index (χ4v) is 4.80. The summed E-state index contributed by atoms with van der Waals surface area (Å²) in [7, 11) is 1.92. The molecule has 1 N–H and O–H groups in total. The second-order valence-corrected chi connectivity index (χ2v) is 7.75.